The Bertz CT molecular complexity index is 3940. The number of nitrogens with zero attached hydrogens (tertiary/aromatic N) is 8. The van der Waals surface area contributed by atoms with Crippen LogP contribution in [0.5, 0.6) is 0 Å². The normalized spacial score (nSPS) is 11.8. The van der Waals surface area contributed by atoms with Crippen LogP contribution in [0.3, 0.4) is 0 Å². The van der Waals surface area contributed by atoms with Crippen molar-refractivity contribution in [2.24, 2.45) is 0 Å². The Hall–Kier alpha value is -9.73. The molecular formula is C48H30CoN16O4. The van der Waals surface area contributed by atoms with Crippen LogP contribution in [-0.4, -0.2) is 29.9 Å². The Morgan fingerprint density at radius 2 is 0.522 bits per heavy atom. The summed E-state index contributed by atoms with van der Waals surface area (Å²) in [6.07, 6.45) is 0. The Balaban J connectivity index is 0.000000206. The Morgan fingerprint density at radius 3 is 0.754 bits per heavy atom. The van der Waals surface area contributed by atoms with Gasteiger partial charge in [-0.25, -0.2) is 9.97 Å². The fourth-order valence-corrected chi connectivity index (χ4v) is 8.87. The number of hydrogen-bond acceptors (Lipinski definition) is 18. The van der Waals surface area contributed by atoms with E-state index >= 15 is 0 Å². The van der Waals surface area contributed by atoms with Gasteiger partial charge in [-0.05, 0) is 70.1 Å². The molecule has 20 nitrogen and oxygen atoms in total. The van der Waals surface area contributed by atoms with Crippen molar-refractivity contribution in [3.8, 4) is 56.7 Å². The van der Waals surface area contributed by atoms with Crippen LogP contribution >= 0.6 is 0 Å². The monoisotopic (exact) mass is 953 g/mol. The minimum atomic E-state index is -0.631. The SMILES string of the molecule is Nc1cc2c(cc1N)-c1nc-2nc2[n-]c(nc3nc(nc4[n-]c(n1)c1cc(N)c(N)cc41)-c1cc(N)c(N)cc1-3)c1cc(N)c(N)cc21.O=c1c(=O)c2cccc3c2-c2c1cccc2c(=O)c3=O.[Co+2]. The molecule has 0 saturated carbocycles. The number of anilines is 8. The summed E-state index contributed by atoms with van der Waals surface area (Å²) >= 11 is 0. The molecule has 69 heavy (non-hydrogen) atoms. The molecule has 2 aliphatic carbocycles. The summed E-state index contributed by atoms with van der Waals surface area (Å²) in [6, 6.07) is 22.7. The molecule has 2 aliphatic heterocycles. The number of hydrogen-bond donors (Lipinski definition) is 8. The van der Waals surface area contributed by atoms with Gasteiger partial charge < -0.3 is 75.8 Å². The zero-order valence-corrected chi connectivity index (χ0v) is 36.3. The molecule has 335 valence electrons. The zero-order valence-electron chi connectivity index (χ0n) is 35.2. The largest absolute Gasteiger partial charge is 2.00 e. The summed E-state index contributed by atoms with van der Waals surface area (Å²) < 4.78 is 0. The van der Waals surface area contributed by atoms with Crippen LogP contribution < -0.4 is 77.6 Å². The molecule has 8 bridgehead atoms. The van der Waals surface area contributed by atoms with Gasteiger partial charge in [0.05, 0.1) is 68.8 Å². The third-order valence-corrected chi connectivity index (χ3v) is 12.3. The van der Waals surface area contributed by atoms with Gasteiger partial charge in [-0.3, -0.25) is 19.2 Å². The maximum Gasteiger partial charge on any atom is 2.00 e. The second-order valence-electron chi connectivity index (χ2n) is 16.4. The summed E-state index contributed by atoms with van der Waals surface area (Å²) in [4.78, 5) is 87.1. The van der Waals surface area contributed by atoms with E-state index in [-0.39, 0.29) is 84.2 Å². The molecule has 3 aromatic heterocycles. The maximum absolute atomic E-state index is 12.1. The second kappa shape index (κ2) is 14.6. The summed E-state index contributed by atoms with van der Waals surface area (Å²) in [5.41, 5.74) is 54.5. The standard InChI is InChI=1S/C32H24N16.C16H6O4.Co/c33-17-1-9-10(2-18(17)34)26-41-25(9)45-27-11-3-19(35)20(36)4-12(11)29(42-27)47-31-15-7-23(39)24(40)8-16(15)32(44-31)48-30-14-6-22(38)21(37)5-13(14)28(43-30)46-26;17-13-7-3-1-4-8-11(7)12-9(15(13)19)5-2-6-10(12)16(20)14(8)18;/h1-8H,33-40H2;1-6H;/q-2;;+2. The topological polar surface area (TPSA) is 382 Å². The van der Waals surface area contributed by atoms with E-state index in [2.05, 4.69) is 0 Å². The van der Waals surface area contributed by atoms with Crippen LogP contribution in [0.4, 0.5) is 45.5 Å². The molecule has 0 unspecified atom stereocenters. The van der Waals surface area contributed by atoms with Crippen molar-refractivity contribution in [3.63, 3.8) is 0 Å². The predicted molar refractivity (Wildman–Crippen MR) is 266 cm³/mol. The van der Waals surface area contributed by atoms with Crippen LogP contribution in [0, 0.1) is 0 Å². The molecule has 0 atom stereocenters. The van der Waals surface area contributed by atoms with Crippen LogP contribution in [-0.2, 0) is 16.8 Å². The first-order chi connectivity index (χ1) is 32.6. The van der Waals surface area contributed by atoms with E-state index in [0.717, 1.165) is 0 Å². The summed E-state index contributed by atoms with van der Waals surface area (Å²) in [6.45, 7) is 0. The third kappa shape index (κ3) is 6.07. The first-order valence-electron chi connectivity index (χ1n) is 20.6. The molecule has 0 spiro atoms. The van der Waals surface area contributed by atoms with Crippen molar-refractivity contribution >= 4 is 111 Å². The van der Waals surface area contributed by atoms with Gasteiger partial charge in [0.15, 0.2) is 0 Å². The molecule has 9 aromatic rings. The molecule has 4 aliphatic rings. The van der Waals surface area contributed by atoms with Crippen LogP contribution in [0.1, 0.15) is 0 Å². The van der Waals surface area contributed by atoms with Gasteiger partial charge in [-0.1, -0.05) is 36.4 Å². The average molecular weight is 954 g/mol. The van der Waals surface area contributed by atoms with Gasteiger partial charge in [0, 0.05) is 77.5 Å². The van der Waals surface area contributed by atoms with Crippen LogP contribution in [0.15, 0.2) is 104 Å². The van der Waals surface area contributed by atoms with Crippen molar-refractivity contribution in [2.45, 2.75) is 0 Å². The first kappa shape index (κ1) is 41.9. The number of nitrogen functional groups attached to an aromatic ring is 8. The van der Waals surface area contributed by atoms with Crippen molar-refractivity contribution in [1.82, 2.24) is 39.9 Å². The number of benzene rings is 8. The van der Waals surface area contributed by atoms with E-state index in [1.165, 1.54) is 36.4 Å². The number of nitrogens with two attached hydrogens (primary N) is 8. The second-order valence-corrected chi connectivity index (χ2v) is 16.4. The molecule has 0 amide bonds. The Morgan fingerprint density at radius 1 is 0.304 bits per heavy atom. The van der Waals surface area contributed by atoms with Crippen molar-refractivity contribution in [1.29, 1.82) is 0 Å². The first-order valence-corrected chi connectivity index (χ1v) is 20.6. The summed E-state index contributed by atoms with van der Waals surface area (Å²) in [5, 5.41) is 3.17. The quantitative estimate of drug-likeness (QED) is 0.0611. The Kier molecular flexibility index (Phi) is 8.89. The van der Waals surface area contributed by atoms with E-state index < -0.39 is 21.7 Å². The molecule has 0 saturated heterocycles. The number of aromatic nitrogens is 8. The summed E-state index contributed by atoms with van der Waals surface area (Å²) in [5.74, 6) is 1.15. The molecule has 0 fully saturated rings. The van der Waals surface area contributed by atoms with Gasteiger partial charge in [0.25, 0.3) is 0 Å². The van der Waals surface area contributed by atoms with Crippen LogP contribution in [0.2, 0.25) is 0 Å². The maximum atomic E-state index is 12.1. The smallest absolute Gasteiger partial charge is 0.397 e. The van der Waals surface area contributed by atoms with Gasteiger partial charge in [-0.2, -0.15) is 0 Å². The fraction of sp³-hybridized carbons (Fsp3) is 0. The van der Waals surface area contributed by atoms with E-state index in [1.54, 1.807) is 48.5 Å². The zero-order chi connectivity index (χ0) is 47.2. The Labute approximate surface area is 394 Å². The van der Waals surface area contributed by atoms with E-state index in [9.17, 15) is 19.2 Å². The van der Waals surface area contributed by atoms with Gasteiger partial charge in [0.1, 0.15) is 0 Å². The molecule has 6 aromatic carbocycles. The van der Waals surface area contributed by atoms with E-state index in [0.29, 0.717) is 100 Å². The number of fused-ring (bicyclic) bond motifs is 20. The van der Waals surface area contributed by atoms with Gasteiger partial charge >= 0.3 is 16.8 Å². The minimum Gasteiger partial charge on any atom is -0.397 e. The molecule has 5 heterocycles. The summed E-state index contributed by atoms with van der Waals surface area (Å²) in [7, 11) is 0. The van der Waals surface area contributed by atoms with Gasteiger partial charge in [0.2, 0.25) is 21.7 Å². The van der Waals surface area contributed by atoms with Crippen LogP contribution in [0.25, 0.3) is 122 Å². The van der Waals surface area contributed by atoms with E-state index in [1.807, 2.05) is 0 Å². The third-order valence-electron chi connectivity index (χ3n) is 12.3. The minimum absolute atomic E-state index is 0. The molecule has 13 rings (SSSR count). The fourth-order valence-electron chi connectivity index (χ4n) is 8.87. The van der Waals surface area contributed by atoms with E-state index in [4.69, 9.17) is 85.7 Å². The molecule has 1 radical (unpaired) electrons. The molecule has 16 N–H and O–H groups in total. The molecular weight excluding hydrogens is 924 g/mol. The molecule has 21 heteroatoms. The van der Waals surface area contributed by atoms with Crippen molar-refractivity contribution in [2.75, 3.05) is 45.9 Å². The average Bonchev–Trinajstić information content (AvgIpc) is 4.02. The van der Waals surface area contributed by atoms with Crippen molar-refractivity contribution < 1.29 is 16.8 Å². The predicted octanol–water partition coefficient (Wildman–Crippen LogP) is 3.63. The number of rotatable bonds is 0. The van der Waals surface area contributed by atoms with Gasteiger partial charge in [-0.15, -0.1) is 0 Å². The van der Waals surface area contributed by atoms with Crippen molar-refractivity contribution in [3.05, 3.63) is 126 Å².